The van der Waals surface area contributed by atoms with Crippen LogP contribution in [-0.4, -0.2) is 31.0 Å². The summed E-state index contributed by atoms with van der Waals surface area (Å²) in [5.41, 5.74) is 1.31. The highest BCUT2D eigenvalue weighted by Gasteiger charge is 2.47. The van der Waals surface area contributed by atoms with Gasteiger partial charge in [0.2, 0.25) is 5.91 Å². The van der Waals surface area contributed by atoms with Crippen molar-refractivity contribution in [3.63, 3.8) is 0 Å². The topological polar surface area (TPSA) is 54.5 Å². The minimum Gasteiger partial charge on any atom is -0.331 e. The van der Waals surface area contributed by atoms with E-state index in [1.54, 1.807) is 53.4 Å². The first-order valence-electron chi connectivity index (χ1n) is 8.24. The van der Waals surface area contributed by atoms with E-state index in [0.717, 1.165) is 5.56 Å². The molecule has 0 N–H and O–H groups in total. The van der Waals surface area contributed by atoms with Crippen LogP contribution in [0.3, 0.4) is 0 Å². The minimum atomic E-state index is -3.70. The molecule has 0 unspecified atom stereocenters. The fraction of sp³-hybridized carbons (Fsp3) is 0.316. The number of hydrogen-bond donors (Lipinski definition) is 0. The second-order valence-corrected chi connectivity index (χ2v) is 9.67. The molecule has 7 heteroatoms. The number of carbonyl (C=O) groups excluding carboxylic acids is 1. The summed E-state index contributed by atoms with van der Waals surface area (Å²) in [6, 6.07) is 13.0. The lowest BCUT2D eigenvalue weighted by Gasteiger charge is -2.43. The van der Waals surface area contributed by atoms with Crippen molar-refractivity contribution >= 4 is 38.9 Å². The van der Waals surface area contributed by atoms with Crippen molar-refractivity contribution in [2.24, 2.45) is 0 Å². The van der Waals surface area contributed by atoms with Gasteiger partial charge < -0.3 is 4.90 Å². The van der Waals surface area contributed by atoms with Crippen LogP contribution in [0, 0.1) is 0 Å². The Morgan fingerprint density at radius 1 is 1.00 bits per heavy atom. The first kappa shape index (κ1) is 19.2. The molecule has 138 valence electrons. The highest BCUT2D eigenvalue weighted by molar-refractivity contribution is 7.92. The van der Waals surface area contributed by atoms with Crippen molar-refractivity contribution in [2.75, 3.05) is 5.75 Å². The van der Waals surface area contributed by atoms with Crippen LogP contribution < -0.4 is 0 Å². The molecule has 0 aromatic heterocycles. The summed E-state index contributed by atoms with van der Waals surface area (Å²) in [6.45, 7) is 3.77. The maximum absolute atomic E-state index is 13.0. The van der Waals surface area contributed by atoms with Gasteiger partial charge >= 0.3 is 0 Å². The molecule has 1 fully saturated rings. The third-order valence-electron chi connectivity index (χ3n) is 4.53. The average Bonchev–Trinajstić information content (AvgIpc) is 2.53. The molecular weight excluding hydrogens is 393 g/mol. The molecule has 0 bridgehead atoms. The molecular formula is C19H19Cl2NO3S. The van der Waals surface area contributed by atoms with Gasteiger partial charge in [0.15, 0.2) is 9.84 Å². The van der Waals surface area contributed by atoms with Gasteiger partial charge in [-0.3, -0.25) is 4.79 Å². The predicted molar refractivity (Wildman–Crippen MR) is 104 cm³/mol. The zero-order valence-corrected chi connectivity index (χ0v) is 16.7. The summed E-state index contributed by atoms with van der Waals surface area (Å²) in [7, 11) is -3.70. The molecule has 2 atom stereocenters. The maximum Gasteiger partial charge on any atom is 0.238 e. The maximum atomic E-state index is 13.0. The minimum absolute atomic E-state index is 0.152. The summed E-state index contributed by atoms with van der Waals surface area (Å²) in [4.78, 5) is 14.3. The zero-order valence-electron chi connectivity index (χ0n) is 14.4. The van der Waals surface area contributed by atoms with E-state index in [9.17, 15) is 13.2 Å². The molecule has 4 nitrogen and oxygen atoms in total. The molecule has 1 aliphatic heterocycles. The lowest BCUT2D eigenvalue weighted by molar-refractivity contribution is -0.133. The Morgan fingerprint density at radius 2 is 1.65 bits per heavy atom. The number of benzene rings is 2. The van der Waals surface area contributed by atoms with Crippen molar-refractivity contribution in [1.29, 1.82) is 0 Å². The number of sulfone groups is 1. The van der Waals surface area contributed by atoms with Crippen LogP contribution in [0.4, 0.5) is 0 Å². The Kier molecular flexibility index (Phi) is 5.33. The van der Waals surface area contributed by atoms with Crippen molar-refractivity contribution < 1.29 is 13.2 Å². The van der Waals surface area contributed by atoms with E-state index in [1.165, 1.54) is 0 Å². The Morgan fingerprint density at radius 3 is 2.23 bits per heavy atom. The van der Waals surface area contributed by atoms with Gasteiger partial charge in [-0.05, 0) is 49.2 Å². The molecule has 26 heavy (non-hydrogen) atoms. The van der Waals surface area contributed by atoms with E-state index in [0.29, 0.717) is 15.6 Å². The monoisotopic (exact) mass is 411 g/mol. The van der Waals surface area contributed by atoms with Crippen molar-refractivity contribution in [3.8, 4) is 0 Å². The molecule has 1 heterocycles. The summed E-state index contributed by atoms with van der Waals surface area (Å²) < 4.78 is 26.0. The summed E-state index contributed by atoms with van der Waals surface area (Å²) in [5, 5.41) is 0.122. The number of hydrogen-bond acceptors (Lipinski definition) is 3. The summed E-state index contributed by atoms with van der Waals surface area (Å²) in [6.07, 6.45) is 0. The zero-order chi connectivity index (χ0) is 19.1. The Hall–Kier alpha value is -1.56. The van der Waals surface area contributed by atoms with Crippen LogP contribution in [0.15, 0.2) is 48.5 Å². The van der Waals surface area contributed by atoms with Crippen LogP contribution in [0.1, 0.15) is 36.3 Å². The standard InChI is InChI=1S/C19H19Cl2NO3S/c1-12(2)22-17(23)11-26(24,25)19(14-4-3-5-16(21)10-14)18(22)13-6-8-15(20)9-7-13/h3-10,12,18-19H,11H2,1-2H3/t18-,19+/m1/s1. The van der Waals surface area contributed by atoms with Gasteiger partial charge in [-0.2, -0.15) is 0 Å². The Balaban J connectivity index is 2.24. The van der Waals surface area contributed by atoms with Gasteiger partial charge in [-0.15, -0.1) is 0 Å². The predicted octanol–water partition coefficient (Wildman–Crippen LogP) is 4.44. The van der Waals surface area contributed by atoms with Crippen molar-refractivity contribution in [1.82, 2.24) is 4.90 Å². The highest BCUT2D eigenvalue weighted by Crippen LogP contribution is 2.45. The van der Waals surface area contributed by atoms with Gasteiger partial charge in [0.05, 0.1) is 6.04 Å². The number of halogens is 2. The van der Waals surface area contributed by atoms with Gasteiger partial charge in [0.1, 0.15) is 11.0 Å². The van der Waals surface area contributed by atoms with Crippen LogP contribution in [-0.2, 0) is 14.6 Å². The van der Waals surface area contributed by atoms with Gasteiger partial charge in [-0.1, -0.05) is 47.5 Å². The van der Waals surface area contributed by atoms with Crippen LogP contribution in [0.5, 0.6) is 0 Å². The molecule has 1 aliphatic rings. The first-order chi connectivity index (χ1) is 12.2. The van der Waals surface area contributed by atoms with Gasteiger partial charge in [0.25, 0.3) is 0 Å². The molecule has 0 saturated carbocycles. The third kappa shape index (κ3) is 3.61. The molecule has 0 spiro atoms. The number of nitrogens with zero attached hydrogens (tertiary/aromatic N) is 1. The SMILES string of the molecule is CC(C)N1C(=O)CS(=O)(=O)[C@@H](c2cccc(Cl)c2)[C@H]1c1ccc(Cl)cc1. The van der Waals surface area contributed by atoms with Gasteiger partial charge in [-0.25, -0.2) is 8.42 Å². The number of amides is 1. The van der Waals surface area contributed by atoms with Crippen molar-refractivity contribution in [3.05, 3.63) is 69.7 Å². The fourth-order valence-corrected chi connectivity index (χ4v) is 5.75. The van der Waals surface area contributed by atoms with Crippen LogP contribution >= 0.6 is 23.2 Å². The first-order valence-corrected chi connectivity index (χ1v) is 10.7. The molecule has 2 aromatic rings. The number of carbonyl (C=O) groups is 1. The van der Waals surface area contributed by atoms with Crippen LogP contribution in [0.2, 0.25) is 10.0 Å². The summed E-state index contributed by atoms with van der Waals surface area (Å²) in [5.74, 6) is -0.898. The molecule has 0 aliphatic carbocycles. The molecule has 0 radical (unpaired) electrons. The highest BCUT2D eigenvalue weighted by atomic mass is 35.5. The second-order valence-electron chi connectivity index (χ2n) is 6.67. The van der Waals surface area contributed by atoms with E-state index in [-0.39, 0.29) is 6.04 Å². The smallest absolute Gasteiger partial charge is 0.238 e. The van der Waals surface area contributed by atoms with E-state index >= 15 is 0 Å². The van der Waals surface area contributed by atoms with E-state index in [2.05, 4.69) is 0 Å². The largest absolute Gasteiger partial charge is 0.331 e. The Bertz CT molecular complexity index is 926. The van der Waals surface area contributed by atoms with E-state index < -0.39 is 32.8 Å². The molecule has 1 saturated heterocycles. The lowest BCUT2D eigenvalue weighted by atomic mass is 9.95. The van der Waals surface area contributed by atoms with E-state index in [1.807, 2.05) is 13.8 Å². The lowest BCUT2D eigenvalue weighted by Crippen LogP contribution is -2.51. The third-order valence-corrected chi connectivity index (χ3v) is 6.97. The van der Waals surface area contributed by atoms with Crippen LogP contribution in [0.25, 0.3) is 0 Å². The van der Waals surface area contributed by atoms with Gasteiger partial charge in [0, 0.05) is 16.1 Å². The Labute approximate surface area is 163 Å². The summed E-state index contributed by atoms with van der Waals surface area (Å²) >= 11 is 12.1. The van der Waals surface area contributed by atoms with E-state index in [4.69, 9.17) is 23.2 Å². The molecule has 1 amide bonds. The normalized spacial score (nSPS) is 22.7. The molecule has 3 rings (SSSR count). The fourth-order valence-electron chi connectivity index (χ4n) is 3.51. The average molecular weight is 412 g/mol. The number of rotatable bonds is 3. The molecule has 2 aromatic carbocycles. The van der Waals surface area contributed by atoms with Crippen molar-refractivity contribution in [2.45, 2.75) is 31.2 Å². The quantitative estimate of drug-likeness (QED) is 0.749. The second kappa shape index (κ2) is 7.22.